The maximum Gasteiger partial charge on any atom is 0.278 e. The van der Waals surface area contributed by atoms with Gasteiger partial charge < -0.3 is 5.32 Å². The number of imide groups is 1. The highest BCUT2D eigenvalue weighted by atomic mass is 35.5. The number of aromatic nitrogens is 1. The van der Waals surface area contributed by atoms with Gasteiger partial charge in [-0.05, 0) is 60.0 Å². The summed E-state index contributed by atoms with van der Waals surface area (Å²) in [5.74, 6) is -1.00. The largest absolute Gasteiger partial charge is 0.350 e. The molecule has 0 saturated heterocycles. The molecule has 0 saturated carbocycles. The van der Waals surface area contributed by atoms with E-state index in [4.69, 9.17) is 11.6 Å². The van der Waals surface area contributed by atoms with Crippen LogP contribution >= 0.6 is 11.6 Å². The third-order valence-corrected chi connectivity index (χ3v) is 5.47. The maximum atomic E-state index is 13.3. The molecule has 0 aliphatic carbocycles. The number of benzene rings is 2. The minimum absolute atomic E-state index is 0.0660. The van der Waals surface area contributed by atoms with Crippen molar-refractivity contribution in [3.05, 3.63) is 105 Å². The number of halogens is 1. The van der Waals surface area contributed by atoms with E-state index in [9.17, 15) is 19.7 Å². The Bertz CT molecular complexity index is 1260. The fourth-order valence-electron chi connectivity index (χ4n) is 3.34. The van der Waals surface area contributed by atoms with Crippen molar-refractivity contribution in [2.24, 2.45) is 0 Å². The number of non-ortho nitro benzene ring substituents is 1. The number of nitro benzene ring substituents is 1. The predicted molar refractivity (Wildman–Crippen MR) is 120 cm³/mol. The fourth-order valence-corrected chi connectivity index (χ4v) is 3.52. The van der Waals surface area contributed by atoms with Crippen LogP contribution in [0.1, 0.15) is 16.7 Å². The second kappa shape index (κ2) is 8.60. The highest BCUT2D eigenvalue weighted by Crippen LogP contribution is 2.33. The van der Waals surface area contributed by atoms with Crippen LogP contribution in [-0.2, 0) is 16.1 Å². The molecule has 0 unspecified atom stereocenters. The van der Waals surface area contributed by atoms with E-state index in [1.54, 1.807) is 42.7 Å². The van der Waals surface area contributed by atoms with E-state index in [2.05, 4.69) is 10.3 Å². The first-order valence-corrected chi connectivity index (χ1v) is 10.0. The molecule has 0 fully saturated rings. The second-order valence-electron chi connectivity index (χ2n) is 7.19. The van der Waals surface area contributed by atoms with E-state index in [-0.39, 0.29) is 23.5 Å². The van der Waals surface area contributed by atoms with E-state index in [0.717, 1.165) is 16.0 Å². The van der Waals surface area contributed by atoms with Crippen LogP contribution in [0.4, 0.5) is 11.4 Å². The maximum absolute atomic E-state index is 13.3. The number of hydrogen-bond acceptors (Lipinski definition) is 6. The molecule has 2 heterocycles. The molecule has 4 rings (SSSR count). The van der Waals surface area contributed by atoms with E-state index in [0.29, 0.717) is 16.3 Å². The monoisotopic (exact) mass is 448 g/mol. The Hall–Kier alpha value is -4.04. The molecule has 0 atom stereocenters. The van der Waals surface area contributed by atoms with Gasteiger partial charge in [-0.3, -0.25) is 29.6 Å². The quantitative estimate of drug-likeness (QED) is 0.341. The van der Waals surface area contributed by atoms with Gasteiger partial charge in [0.1, 0.15) is 5.70 Å². The Balaban J connectivity index is 1.76. The first-order chi connectivity index (χ1) is 15.3. The molecule has 160 valence electrons. The van der Waals surface area contributed by atoms with Crippen LogP contribution in [0, 0.1) is 17.0 Å². The molecule has 0 spiro atoms. The van der Waals surface area contributed by atoms with Gasteiger partial charge in [-0.15, -0.1) is 0 Å². The Kier molecular flexibility index (Phi) is 5.70. The van der Waals surface area contributed by atoms with Gasteiger partial charge >= 0.3 is 0 Å². The van der Waals surface area contributed by atoms with Gasteiger partial charge in [0.2, 0.25) is 0 Å². The number of nitrogens with one attached hydrogen (secondary N) is 1. The van der Waals surface area contributed by atoms with E-state index >= 15 is 0 Å². The van der Waals surface area contributed by atoms with E-state index < -0.39 is 16.7 Å². The summed E-state index contributed by atoms with van der Waals surface area (Å²) < 4.78 is 0. The van der Waals surface area contributed by atoms with E-state index in [1.807, 2.05) is 6.92 Å². The van der Waals surface area contributed by atoms with Gasteiger partial charge in [0, 0.05) is 35.2 Å². The first kappa shape index (κ1) is 21.2. The molecule has 32 heavy (non-hydrogen) atoms. The van der Waals surface area contributed by atoms with Crippen LogP contribution < -0.4 is 5.32 Å². The van der Waals surface area contributed by atoms with Crippen molar-refractivity contribution in [3.63, 3.8) is 0 Å². The summed E-state index contributed by atoms with van der Waals surface area (Å²) in [6.45, 7) is 1.92. The summed E-state index contributed by atoms with van der Waals surface area (Å²) in [5.41, 5.74) is 2.65. The predicted octanol–water partition coefficient (Wildman–Crippen LogP) is 4.34. The average Bonchev–Trinajstić information content (AvgIpc) is 3.01. The Morgan fingerprint density at radius 2 is 1.72 bits per heavy atom. The SMILES string of the molecule is Cc1ccc(NC2=C(c3ccc([N+](=O)[O-])cc3)C(=O)N(Cc3ccncc3)C2=O)cc1Cl. The Morgan fingerprint density at radius 1 is 1.03 bits per heavy atom. The van der Waals surface area contributed by atoms with Crippen molar-refractivity contribution in [1.29, 1.82) is 0 Å². The van der Waals surface area contributed by atoms with Gasteiger partial charge in [-0.25, -0.2) is 0 Å². The first-order valence-electron chi connectivity index (χ1n) is 9.62. The molecule has 1 N–H and O–H groups in total. The number of hydrogen-bond donors (Lipinski definition) is 1. The molecule has 1 aliphatic rings. The lowest BCUT2D eigenvalue weighted by Crippen LogP contribution is -2.32. The molecule has 2 amide bonds. The lowest BCUT2D eigenvalue weighted by Gasteiger charge is -2.15. The molecule has 9 heteroatoms. The van der Waals surface area contributed by atoms with Crippen molar-refractivity contribution in [3.8, 4) is 0 Å². The average molecular weight is 449 g/mol. The second-order valence-corrected chi connectivity index (χ2v) is 7.60. The summed E-state index contributed by atoms with van der Waals surface area (Å²) in [4.78, 5) is 42.1. The number of aryl methyl sites for hydroxylation is 1. The van der Waals surface area contributed by atoms with Crippen LogP contribution in [-0.4, -0.2) is 26.6 Å². The summed E-state index contributed by atoms with van der Waals surface area (Å²) in [6.07, 6.45) is 3.16. The van der Waals surface area contributed by atoms with Crippen molar-refractivity contribution in [2.75, 3.05) is 5.32 Å². The normalized spacial score (nSPS) is 13.6. The standard InChI is InChI=1S/C23H17ClN4O4/c1-14-2-5-17(12-19(14)24)26-21-20(16-3-6-18(7-4-16)28(31)32)22(29)27(23(21)30)13-15-8-10-25-11-9-15/h2-12,26H,13H2,1H3. The molecule has 2 aromatic carbocycles. The van der Waals surface area contributed by atoms with Crippen LogP contribution in [0.2, 0.25) is 5.02 Å². The van der Waals surface area contributed by atoms with Crippen LogP contribution in [0.15, 0.2) is 72.7 Å². The lowest BCUT2D eigenvalue weighted by molar-refractivity contribution is -0.384. The van der Waals surface area contributed by atoms with Crippen LogP contribution in [0.25, 0.3) is 5.57 Å². The molecule has 1 aromatic heterocycles. The molecular formula is C23H17ClN4O4. The number of nitrogens with zero attached hydrogens (tertiary/aromatic N) is 3. The molecule has 3 aromatic rings. The highest BCUT2D eigenvalue weighted by molar-refractivity contribution is 6.36. The van der Waals surface area contributed by atoms with Crippen molar-refractivity contribution < 1.29 is 14.5 Å². The number of anilines is 1. The van der Waals surface area contributed by atoms with Gasteiger partial charge in [0.05, 0.1) is 17.0 Å². The van der Waals surface area contributed by atoms with Gasteiger partial charge in [-0.1, -0.05) is 17.7 Å². The molecule has 1 aliphatic heterocycles. The van der Waals surface area contributed by atoms with Crippen molar-refractivity contribution >= 4 is 40.4 Å². The fraction of sp³-hybridized carbons (Fsp3) is 0.0870. The molecule has 8 nitrogen and oxygen atoms in total. The zero-order valence-electron chi connectivity index (χ0n) is 16.9. The molecule has 0 radical (unpaired) electrons. The number of carbonyl (C=O) groups excluding carboxylic acids is 2. The van der Waals surface area contributed by atoms with Crippen LogP contribution in [0.5, 0.6) is 0 Å². The number of pyridine rings is 1. The van der Waals surface area contributed by atoms with Crippen LogP contribution in [0.3, 0.4) is 0 Å². The lowest BCUT2D eigenvalue weighted by atomic mass is 10.0. The third kappa shape index (κ3) is 4.08. The molecular weight excluding hydrogens is 432 g/mol. The zero-order chi connectivity index (χ0) is 22.8. The minimum atomic E-state index is -0.525. The summed E-state index contributed by atoms with van der Waals surface area (Å²) in [5, 5.41) is 14.5. The summed E-state index contributed by atoms with van der Waals surface area (Å²) >= 11 is 6.21. The summed E-state index contributed by atoms with van der Waals surface area (Å²) in [6, 6.07) is 14.2. The number of amides is 2. The molecule has 0 bridgehead atoms. The minimum Gasteiger partial charge on any atom is -0.350 e. The summed E-state index contributed by atoms with van der Waals surface area (Å²) in [7, 11) is 0. The van der Waals surface area contributed by atoms with Crippen molar-refractivity contribution in [2.45, 2.75) is 13.5 Å². The highest BCUT2D eigenvalue weighted by Gasteiger charge is 2.39. The number of nitro groups is 1. The topological polar surface area (TPSA) is 105 Å². The van der Waals surface area contributed by atoms with Crippen molar-refractivity contribution in [1.82, 2.24) is 9.88 Å². The number of rotatable bonds is 6. The van der Waals surface area contributed by atoms with Gasteiger partial charge in [-0.2, -0.15) is 0 Å². The number of carbonyl (C=O) groups is 2. The smallest absolute Gasteiger partial charge is 0.278 e. The Morgan fingerprint density at radius 3 is 2.34 bits per heavy atom. The van der Waals surface area contributed by atoms with Gasteiger partial charge in [0.15, 0.2) is 0 Å². The Labute approximate surface area is 188 Å². The zero-order valence-corrected chi connectivity index (χ0v) is 17.7. The van der Waals surface area contributed by atoms with Gasteiger partial charge in [0.25, 0.3) is 17.5 Å². The van der Waals surface area contributed by atoms with E-state index in [1.165, 1.54) is 24.3 Å². The third-order valence-electron chi connectivity index (χ3n) is 5.07.